The van der Waals surface area contributed by atoms with Gasteiger partial charge in [-0.05, 0) is 18.6 Å². The van der Waals surface area contributed by atoms with Crippen molar-refractivity contribution in [3.05, 3.63) is 21.9 Å². The predicted molar refractivity (Wildman–Crippen MR) is 53.1 cm³/mol. The smallest absolute Gasteiger partial charge is 0.321 e. The number of nitrogens with one attached hydrogen (secondary N) is 2. The van der Waals surface area contributed by atoms with Gasteiger partial charge in [-0.1, -0.05) is 6.92 Å². The van der Waals surface area contributed by atoms with Crippen LogP contribution in [0.3, 0.4) is 0 Å². The van der Waals surface area contributed by atoms with Crippen LogP contribution < -0.4 is 10.6 Å². The molecule has 1 saturated heterocycles. The van der Waals surface area contributed by atoms with E-state index in [-0.39, 0.29) is 5.91 Å². The third-order valence-corrected chi connectivity index (χ3v) is 3.38. The lowest BCUT2D eigenvalue weighted by atomic mass is 10.2. The summed E-state index contributed by atoms with van der Waals surface area (Å²) in [4.78, 5) is 24.3. The molecule has 1 fully saturated rings. The van der Waals surface area contributed by atoms with Crippen LogP contribution in [0, 0.1) is 0 Å². The van der Waals surface area contributed by atoms with Crippen molar-refractivity contribution in [3.63, 3.8) is 0 Å². The second-order valence-electron chi connectivity index (χ2n) is 3.05. The number of thiophene rings is 1. The molecule has 14 heavy (non-hydrogen) atoms. The van der Waals surface area contributed by atoms with Crippen molar-refractivity contribution in [2.45, 2.75) is 19.4 Å². The standard InChI is InChI=1S/C9H10N2O2S/c1-2-5-3-4-6(14-5)7-8(12)11-9(13)10-7/h3-4,7H,2H2,1H3,(H2,10,11,12,13). The maximum atomic E-state index is 11.3. The topological polar surface area (TPSA) is 58.2 Å². The summed E-state index contributed by atoms with van der Waals surface area (Å²) >= 11 is 1.56. The second-order valence-corrected chi connectivity index (χ2v) is 4.25. The number of hydrogen-bond acceptors (Lipinski definition) is 3. The Labute approximate surface area is 85.3 Å². The Morgan fingerprint density at radius 3 is 2.71 bits per heavy atom. The van der Waals surface area contributed by atoms with Gasteiger partial charge in [0.25, 0.3) is 5.91 Å². The number of aryl methyl sites for hydroxylation is 1. The molecule has 1 aromatic rings. The summed E-state index contributed by atoms with van der Waals surface area (Å²) in [5.41, 5.74) is 0. The van der Waals surface area contributed by atoms with E-state index in [2.05, 4.69) is 17.6 Å². The van der Waals surface area contributed by atoms with Crippen molar-refractivity contribution in [2.75, 3.05) is 0 Å². The number of rotatable bonds is 2. The van der Waals surface area contributed by atoms with Crippen molar-refractivity contribution in [1.82, 2.24) is 10.6 Å². The molecular formula is C9H10N2O2S. The molecule has 0 spiro atoms. The molecule has 4 nitrogen and oxygen atoms in total. The molecule has 1 aliphatic heterocycles. The van der Waals surface area contributed by atoms with Gasteiger partial charge in [-0.2, -0.15) is 0 Å². The predicted octanol–water partition coefficient (Wildman–Crippen LogP) is 1.19. The van der Waals surface area contributed by atoms with Crippen LogP contribution in [0.4, 0.5) is 4.79 Å². The van der Waals surface area contributed by atoms with E-state index in [1.54, 1.807) is 11.3 Å². The molecule has 2 N–H and O–H groups in total. The molecule has 74 valence electrons. The molecular weight excluding hydrogens is 200 g/mol. The lowest BCUT2D eigenvalue weighted by molar-refractivity contribution is -0.120. The summed E-state index contributed by atoms with van der Waals surface area (Å²) < 4.78 is 0. The van der Waals surface area contributed by atoms with Gasteiger partial charge in [0.05, 0.1) is 0 Å². The molecule has 0 bridgehead atoms. The number of imide groups is 1. The summed E-state index contributed by atoms with van der Waals surface area (Å²) in [6.07, 6.45) is 0.951. The highest BCUT2D eigenvalue weighted by Gasteiger charge is 2.31. The van der Waals surface area contributed by atoms with Gasteiger partial charge in [-0.3, -0.25) is 10.1 Å². The van der Waals surface area contributed by atoms with Crippen molar-refractivity contribution in [2.24, 2.45) is 0 Å². The van der Waals surface area contributed by atoms with Gasteiger partial charge in [0.2, 0.25) is 0 Å². The maximum absolute atomic E-state index is 11.3. The van der Waals surface area contributed by atoms with Crippen LogP contribution in [-0.4, -0.2) is 11.9 Å². The number of carbonyl (C=O) groups excluding carboxylic acids is 2. The Kier molecular flexibility index (Phi) is 2.25. The van der Waals surface area contributed by atoms with E-state index < -0.39 is 12.1 Å². The van der Waals surface area contributed by atoms with Gasteiger partial charge in [0.1, 0.15) is 6.04 Å². The first kappa shape index (κ1) is 9.21. The molecule has 5 heteroatoms. The average molecular weight is 210 g/mol. The van der Waals surface area contributed by atoms with E-state index in [0.29, 0.717) is 0 Å². The lowest BCUT2D eigenvalue weighted by Gasteiger charge is -2.02. The molecule has 0 radical (unpaired) electrons. The average Bonchev–Trinajstić information content (AvgIpc) is 2.71. The zero-order chi connectivity index (χ0) is 10.1. The zero-order valence-electron chi connectivity index (χ0n) is 7.66. The highest BCUT2D eigenvalue weighted by atomic mass is 32.1. The highest BCUT2D eigenvalue weighted by molar-refractivity contribution is 7.12. The SMILES string of the molecule is CCc1ccc(C2NC(=O)NC2=O)s1. The monoisotopic (exact) mass is 210 g/mol. The summed E-state index contributed by atoms with van der Waals surface area (Å²) in [6, 6.07) is 2.97. The van der Waals surface area contributed by atoms with Crippen LogP contribution in [0.5, 0.6) is 0 Å². The summed E-state index contributed by atoms with van der Waals surface area (Å²) in [7, 11) is 0. The van der Waals surface area contributed by atoms with Gasteiger partial charge in [-0.15, -0.1) is 11.3 Å². The van der Waals surface area contributed by atoms with Crippen molar-refractivity contribution in [1.29, 1.82) is 0 Å². The number of urea groups is 1. The van der Waals surface area contributed by atoms with Crippen LogP contribution in [0.1, 0.15) is 22.7 Å². The molecule has 1 atom stereocenters. The molecule has 0 aromatic carbocycles. The minimum absolute atomic E-state index is 0.264. The highest BCUT2D eigenvalue weighted by Crippen LogP contribution is 2.25. The Morgan fingerprint density at radius 1 is 1.43 bits per heavy atom. The molecule has 1 aliphatic rings. The van der Waals surface area contributed by atoms with Crippen LogP contribution in [-0.2, 0) is 11.2 Å². The first-order valence-electron chi connectivity index (χ1n) is 4.40. The molecule has 1 aromatic heterocycles. The quantitative estimate of drug-likeness (QED) is 0.720. The van der Waals surface area contributed by atoms with E-state index in [0.717, 1.165) is 11.3 Å². The fourth-order valence-electron chi connectivity index (χ4n) is 1.36. The molecule has 0 saturated carbocycles. The third kappa shape index (κ3) is 1.50. The molecule has 3 amide bonds. The van der Waals surface area contributed by atoms with Crippen LogP contribution in [0.2, 0.25) is 0 Å². The third-order valence-electron chi connectivity index (χ3n) is 2.09. The Morgan fingerprint density at radius 2 is 2.21 bits per heavy atom. The minimum Gasteiger partial charge on any atom is -0.321 e. The zero-order valence-corrected chi connectivity index (χ0v) is 8.48. The Hall–Kier alpha value is -1.36. The van der Waals surface area contributed by atoms with E-state index >= 15 is 0 Å². The van der Waals surface area contributed by atoms with Gasteiger partial charge in [-0.25, -0.2) is 4.79 Å². The summed E-state index contributed by atoms with van der Waals surface area (Å²) in [5.74, 6) is -0.264. The first-order valence-corrected chi connectivity index (χ1v) is 5.22. The molecule has 2 heterocycles. The lowest BCUT2D eigenvalue weighted by Crippen LogP contribution is -2.22. The number of hydrogen-bond donors (Lipinski definition) is 2. The Balaban J connectivity index is 2.22. The first-order chi connectivity index (χ1) is 6.70. The molecule has 0 aliphatic carbocycles. The van der Waals surface area contributed by atoms with Crippen LogP contribution in [0.25, 0.3) is 0 Å². The van der Waals surface area contributed by atoms with Crippen molar-refractivity contribution >= 4 is 23.3 Å². The number of amides is 3. The summed E-state index contributed by atoms with van der Waals surface area (Å²) in [5, 5.41) is 4.78. The largest absolute Gasteiger partial charge is 0.322 e. The fourth-order valence-corrected chi connectivity index (χ4v) is 2.36. The minimum atomic E-state index is -0.493. The fraction of sp³-hybridized carbons (Fsp3) is 0.333. The molecule has 2 rings (SSSR count). The van der Waals surface area contributed by atoms with Gasteiger partial charge in [0.15, 0.2) is 0 Å². The van der Waals surface area contributed by atoms with Crippen LogP contribution >= 0.6 is 11.3 Å². The number of carbonyl (C=O) groups is 2. The van der Waals surface area contributed by atoms with Gasteiger partial charge >= 0.3 is 6.03 Å². The van der Waals surface area contributed by atoms with E-state index in [9.17, 15) is 9.59 Å². The summed E-state index contributed by atoms with van der Waals surface area (Å²) in [6.45, 7) is 2.06. The molecule has 1 unspecified atom stereocenters. The van der Waals surface area contributed by atoms with Crippen molar-refractivity contribution in [3.8, 4) is 0 Å². The van der Waals surface area contributed by atoms with Gasteiger partial charge in [0, 0.05) is 9.75 Å². The van der Waals surface area contributed by atoms with E-state index in [1.807, 2.05) is 12.1 Å². The van der Waals surface area contributed by atoms with Crippen LogP contribution in [0.15, 0.2) is 12.1 Å². The van der Waals surface area contributed by atoms with Gasteiger partial charge < -0.3 is 5.32 Å². The normalized spacial score (nSPS) is 20.8. The van der Waals surface area contributed by atoms with E-state index in [4.69, 9.17) is 0 Å². The second kappa shape index (κ2) is 3.42. The van der Waals surface area contributed by atoms with Crippen molar-refractivity contribution < 1.29 is 9.59 Å². The van der Waals surface area contributed by atoms with E-state index in [1.165, 1.54) is 4.88 Å². The maximum Gasteiger partial charge on any atom is 0.322 e. The Bertz CT molecular complexity index is 386.